The highest BCUT2D eigenvalue weighted by atomic mass is 35.5. The van der Waals surface area contributed by atoms with Gasteiger partial charge in [-0.3, -0.25) is 9.69 Å². The van der Waals surface area contributed by atoms with Gasteiger partial charge in [-0.15, -0.1) is 0 Å². The van der Waals surface area contributed by atoms with Crippen molar-refractivity contribution in [1.82, 2.24) is 4.90 Å². The van der Waals surface area contributed by atoms with Crippen LogP contribution in [0.3, 0.4) is 0 Å². The summed E-state index contributed by atoms with van der Waals surface area (Å²) in [4.78, 5) is 16.7. The summed E-state index contributed by atoms with van der Waals surface area (Å²) >= 11 is 6.10. The molecular formula is C20H24ClN3O4. The number of carbonyl (C=O) groups excluding carboxylic acids is 1. The van der Waals surface area contributed by atoms with Crippen molar-refractivity contribution in [2.45, 2.75) is 0 Å². The van der Waals surface area contributed by atoms with E-state index >= 15 is 0 Å². The number of phenols is 1. The molecule has 0 aliphatic carbocycles. The molecule has 150 valence electrons. The number of amides is 1. The maximum Gasteiger partial charge on any atom is 0.238 e. The predicted molar refractivity (Wildman–Crippen MR) is 110 cm³/mol. The van der Waals surface area contributed by atoms with Crippen LogP contribution in [0.1, 0.15) is 0 Å². The molecule has 1 aliphatic heterocycles. The molecule has 0 saturated carbocycles. The van der Waals surface area contributed by atoms with E-state index < -0.39 is 0 Å². The summed E-state index contributed by atoms with van der Waals surface area (Å²) in [7, 11) is 3.04. The Morgan fingerprint density at radius 2 is 1.79 bits per heavy atom. The van der Waals surface area contributed by atoms with Crippen molar-refractivity contribution >= 4 is 28.9 Å². The van der Waals surface area contributed by atoms with Gasteiger partial charge in [0.25, 0.3) is 0 Å². The summed E-state index contributed by atoms with van der Waals surface area (Å²) in [6, 6.07) is 10.6. The standard InChI is InChI=1S/C20H24ClN3O4/c1-27-18-12-15(19(28-2)11-14(18)21)22-20(26)13-23-7-9-24(10-8-23)16-5-3-4-6-17(16)25/h3-6,11-12,25H,7-10,13H2,1-2H3,(H,22,26). The van der Waals surface area contributed by atoms with Gasteiger partial charge in [0.05, 0.1) is 37.2 Å². The Labute approximate surface area is 169 Å². The fraction of sp³-hybridized carbons (Fsp3) is 0.350. The molecule has 1 amide bonds. The van der Waals surface area contributed by atoms with E-state index in [4.69, 9.17) is 21.1 Å². The summed E-state index contributed by atoms with van der Waals surface area (Å²) in [5.74, 6) is 1.08. The van der Waals surface area contributed by atoms with Crippen molar-refractivity contribution in [3.8, 4) is 17.2 Å². The maximum atomic E-state index is 12.5. The molecule has 1 saturated heterocycles. The van der Waals surface area contributed by atoms with Crippen LogP contribution in [0.25, 0.3) is 0 Å². The van der Waals surface area contributed by atoms with Gasteiger partial charge in [-0.1, -0.05) is 23.7 Å². The molecule has 0 bridgehead atoms. The number of anilines is 2. The number of rotatable bonds is 6. The van der Waals surface area contributed by atoms with Crippen molar-refractivity contribution in [3.05, 3.63) is 41.4 Å². The smallest absolute Gasteiger partial charge is 0.238 e. The molecule has 28 heavy (non-hydrogen) atoms. The fourth-order valence-corrected chi connectivity index (χ4v) is 3.46. The van der Waals surface area contributed by atoms with Gasteiger partial charge in [-0.2, -0.15) is 0 Å². The molecule has 1 aliphatic rings. The lowest BCUT2D eigenvalue weighted by molar-refractivity contribution is -0.117. The zero-order valence-electron chi connectivity index (χ0n) is 15.9. The number of piperazine rings is 1. The molecule has 0 spiro atoms. The predicted octanol–water partition coefficient (Wildman–Crippen LogP) is 2.82. The first-order valence-corrected chi connectivity index (χ1v) is 9.36. The minimum atomic E-state index is -0.140. The highest BCUT2D eigenvalue weighted by Gasteiger charge is 2.21. The number of nitrogens with one attached hydrogen (secondary N) is 1. The number of benzene rings is 2. The number of nitrogens with zero attached hydrogens (tertiary/aromatic N) is 2. The van der Waals surface area contributed by atoms with Crippen LogP contribution in [0.15, 0.2) is 36.4 Å². The first-order valence-electron chi connectivity index (χ1n) is 8.98. The first kappa shape index (κ1) is 20.1. The molecule has 1 heterocycles. The summed E-state index contributed by atoms with van der Waals surface area (Å²) in [6.07, 6.45) is 0. The second-order valence-corrected chi connectivity index (χ2v) is 6.89. The van der Waals surface area contributed by atoms with Gasteiger partial charge >= 0.3 is 0 Å². The second kappa shape index (κ2) is 9.03. The van der Waals surface area contributed by atoms with Gasteiger partial charge in [0.2, 0.25) is 5.91 Å². The molecule has 8 heteroatoms. The van der Waals surface area contributed by atoms with Crippen LogP contribution in [0.4, 0.5) is 11.4 Å². The number of halogens is 1. The molecule has 0 atom stereocenters. The number of carbonyl (C=O) groups is 1. The third kappa shape index (κ3) is 4.61. The number of methoxy groups -OCH3 is 2. The average Bonchev–Trinajstić information content (AvgIpc) is 2.70. The second-order valence-electron chi connectivity index (χ2n) is 6.49. The normalized spacial score (nSPS) is 14.6. The Kier molecular flexibility index (Phi) is 6.49. The third-order valence-corrected chi connectivity index (χ3v) is 5.01. The molecule has 0 unspecified atom stereocenters. The summed E-state index contributed by atoms with van der Waals surface area (Å²) in [5.41, 5.74) is 1.34. The van der Waals surface area contributed by atoms with E-state index in [-0.39, 0.29) is 18.2 Å². The van der Waals surface area contributed by atoms with E-state index in [1.165, 1.54) is 14.2 Å². The summed E-state index contributed by atoms with van der Waals surface area (Å²) in [6.45, 7) is 3.19. The topological polar surface area (TPSA) is 74.3 Å². The van der Waals surface area contributed by atoms with Crippen molar-refractivity contribution < 1.29 is 19.4 Å². The number of aromatic hydroxyl groups is 1. The highest BCUT2D eigenvalue weighted by Crippen LogP contribution is 2.35. The van der Waals surface area contributed by atoms with Crippen LogP contribution < -0.4 is 19.7 Å². The van der Waals surface area contributed by atoms with Crippen molar-refractivity contribution in [2.75, 3.05) is 57.2 Å². The number of para-hydroxylation sites is 2. The van der Waals surface area contributed by atoms with Gasteiger partial charge in [-0.25, -0.2) is 0 Å². The minimum absolute atomic E-state index is 0.140. The van der Waals surface area contributed by atoms with E-state index in [9.17, 15) is 9.90 Å². The van der Waals surface area contributed by atoms with E-state index in [1.54, 1.807) is 24.3 Å². The lowest BCUT2D eigenvalue weighted by Gasteiger charge is -2.35. The van der Waals surface area contributed by atoms with Crippen molar-refractivity contribution in [2.24, 2.45) is 0 Å². The van der Waals surface area contributed by atoms with Crippen LogP contribution in [-0.4, -0.2) is 62.9 Å². The van der Waals surface area contributed by atoms with Crippen molar-refractivity contribution in [1.29, 1.82) is 0 Å². The molecule has 2 aromatic rings. The van der Waals surface area contributed by atoms with Gasteiger partial charge in [0.15, 0.2) is 0 Å². The van der Waals surface area contributed by atoms with Gasteiger partial charge in [-0.05, 0) is 12.1 Å². The van der Waals surface area contributed by atoms with Crippen LogP contribution >= 0.6 is 11.6 Å². The molecule has 1 fully saturated rings. The maximum absolute atomic E-state index is 12.5. The molecule has 3 rings (SSSR count). The Bertz CT molecular complexity index is 838. The molecule has 7 nitrogen and oxygen atoms in total. The summed E-state index contributed by atoms with van der Waals surface area (Å²) in [5, 5.41) is 13.3. The Morgan fingerprint density at radius 1 is 1.11 bits per heavy atom. The van der Waals surface area contributed by atoms with Gasteiger partial charge in [0.1, 0.15) is 17.2 Å². The minimum Gasteiger partial charge on any atom is -0.506 e. The summed E-state index contributed by atoms with van der Waals surface area (Å²) < 4.78 is 10.5. The SMILES string of the molecule is COc1cc(NC(=O)CN2CCN(c3ccccc3O)CC2)c(OC)cc1Cl. The number of phenolic OH excluding ortho intramolecular Hbond substituents is 1. The van der Waals surface area contributed by atoms with E-state index in [0.717, 1.165) is 31.9 Å². The Hall–Kier alpha value is -2.64. The Balaban J connectivity index is 1.57. The zero-order valence-corrected chi connectivity index (χ0v) is 16.7. The number of ether oxygens (including phenoxy) is 2. The monoisotopic (exact) mass is 405 g/mol. The van der Waals surface area contributed by atoms with Crippen LogP contribution in [0, 0.1) is 0 Å². The molecule has 2 aromatic carbocycles. The van der Waals surface area contributed by atoms with Crippen molar-refractivity contribution in [3.63, 3.8) is 0 Å². The highest BCUT2D eigenvalue weighted by molar-refractivity contribution is 6.32. The number of hydrogen-bond acceptors (Lipinski definition) is 6. The lowest BCUT2D eigenvalue weighted by atomic mass is 10.2. The molecule has 0 radical (unpaired) electrons. The van der Waals surface area contributed by atoms with Crippen LogP contribution in [0.2, 0.25) is 5.02 Å². The van der Waals surface area contributed by atoms with E-state index in [1.807, 2.05) is 12.1 Å². The van der Waals surface area contributed by atoms with E-state index in [2.05, 4.69) is 15.1 Å². The quantitative estimate of drug-likeness (QED) is 0.769. The average molecular weight is 406 g/mol. The lowest BCUT2D eigenvalue weighted by Crippen LogP contribution is -2.48. The zero-order chi connectivity index (χ0) is 20.1. The van der Waals surface area contributed by atoms with Gasteiger partial charge in [0, 0.05) is 38.3 Å². The third-order valence-electron chi connectivity index (χ3n) is 4.71. The van der Waals surface area contributed by atoms with Gasteiger partial charge < -0.3 is 24.8 Å². The molecule has 2 N–H and O–H groups in total. The number of hydrogen-bond donors (Lipinski definition) is 2. The fourth-order valence-electron chi connectivity index (χ4n) is 3.23. The van der Waals surface area contributed by atoms with Crippen LogP contribution in [0.5, 0.6) is 17.2 Å². The van der Waals surface area contributed by atoms with Crippen LogP contribution in [-0.2, 0) is 4.79 Å². The first-order chi connectivity index (χ1) is 13.5. The molecular weight excluding hydrogens is 382 g/mol. The largest absolute Gasteiger partial charge is 0.506 e. The van der Waals surface area contributed by atoms with E-state index in [0.29, 0.717) is 22.2 Å². The molecule has 0 aromatic heterocycles. The Morgan fingerprint density at radius 3 is 2.43 bits per heavy atom.